The van der Waals surface area contributed by atoms with E-state index in [0.29, 0.717) is 0 Å². The molecule has 2 heterocycles. The lowest BCUT2D eigenvalue weighted by molar-refractivity contribution is -0.141. The Labute approximate surface area is 120 Å². The van der Waals surface area contributed by atoms with Gasteiger partial charge in [0.15, 0.2) is 5.69 Å². The summed E-state index contributed by atoms with van der Waals surface area (Å²) in [5.74, 6) is 0.101. The van der Waals surface area contributed by atoms with E-state index in [1.54, 1.807) is 0 Å². The van der Waals surface area contributed by atoms with Crippen molar-refractivity contribution in [3.05, 3.63) is 17.0 Å². The molecular formula is C12H16ClF3N4. The predicted molar refractivity (Wildman–Crippen MR) is 70.8 cm³/mol. The Kier molecular flexibility index (Phi) is 4.70. The van der Waals surface area contributed by atoms with E-state index in [-0.39, 0.29) is 11.9 Å². The molecule has 2 rings (SSSR count). The molecule has 112 valence electrons. The van der Waals surface area contributed by atoms with Crippen LogP contribution < -0.4 is 5.32 Å². The Balaban J connectivity index is 2.02. The van der Waals surface area contributed by atoms with Crippen LogP contribution in [0, 0.1) is 0 Å². The van der Waals surface area contributed by atoms with Crippen LogP contribution >= 0.6 is 11.6 Å². The van der Waals surface area contributed by atoms with Crippen LogP contribution in [0.15, 0.2) is 6.07 Å². The monoisotopic (exact) mass is 308 g/mol. The molecule has 8 heteroatoms. The normalized spacial score (nSPS) is 18.2. The zero-order valence-electron chi connectivity index (χ0n) is 11.0. The molecule has 0 radical (unpaired) electrons. The topological polar surface area (TPSA) is 41.0 Å². The summed E-state index contributed by atoms with van der Waals surface area (Å²) in [6, 6.07) is 0.868. The number of anilines is 1. The van der Waals surface area contributed by atoms with Crippen molar-refractivity contribution >= 4 is 17.4 Å². The molecule has 1 aliphatic rings. The molecule has 0 amide bonds. The maximum absolute atomic E-state index is 12.6. The maximum Gasteiger partial charge on any atom is 0.433 e. The molecule has 1 saturated heterocycles. The first-order valence-electron chi connectivity index (χ1n) is 6.45. The third kappa shape index (κ3) is 4.21. The van der Waals surface area contributed by atoms with Gasteiger partial charge in [-0.15, -0.1) is 0 Å². The number of nitrogens with zero attached hydrogens (tertiary/aromatic N) is 3. The lowest BCUT2D eigenvalue weighted by Gasteiger charge is -2.21. The molecule has 0 spiro atoms. The van der Waals surface area contributed by atoms with Crippen molar-refractivity contribution in [2.75, 3.05) is 25.0 Å². The fraction of sp³-hybridized carbons (Fsp3) is 0.667. The van der Waals surface area contributed by atoms with Crippen LogP contribution in [0.3, 0.4) is 0 Å². The largest absolute Gasteiger partial charge is 0.433 e. The zero-order chi connectivity index (χ0) is 14.8. The number of aromatic nitrogens is 2. The third-order valence-electron chi connectivity index (χ3n) is 3.11. The van der Waals surface area contributed by atoms with Gasteiger partial charge in [-0.25, -0.2) is 9.97 Å². The minimum absolute atomic E-state index is 0.0137. The van der Waals surface area contributed by atoms with Gasteiger partial charge in [0.25, 0.3) is 0 Å². The van der Waals surface area contributed by atoms with E-state index in [4.69, 9.17) is 11.6 Å². The highest BCUT2D eigenvalue weighted by Gasteiger charge is 2.33. The number of alkyl halides is 3. The minimum Gasteiger partial charge on any atom is -0.366 e. The average molecular weight is 309 g/mol. The highest BCUT2D eigenvalue weighted by molar-refractivity contribution is 6.28. The molecule has 1 unspecified atom stereocenters. The fourth-order valence-corrected chi connectivity index (χ4v) is 2.47. The van der Waals surface area contributed by atoms with Crippen LogP contribution in [-0.2, 0) is 6.18 Å². The van der Waals surface area contributed by atoms with Crippen LogP contribution in [-0.4, -0.2) is 40.5 Å². The lowest BCUT2D eigenvalue weighted by Crippen LogP contribution is -2.33. The smallest absolute Gasteiger partial charge is 0.366 e. The van der Waals surface area contributed by atoms with Crippen molar-refractivity contribution < 1.29 is 13.2 Å². The first-order valence-corrected chi connectivity index (χ1v) is 6.83. The van der Waals surface area contributed by atoms with Crippen molar-refractivity contribution in [2.45, 2.75) is 32.0 Å². The van der Waals surface area contributed by atoms with Crippen molar-refractivity contribution in [3.63, 3.8) is 0 Å². The van der Waals surface area contributed by atoms with Crippen molar-refractivity contribution in [2.24, 2.45) is 0 Å². The van der Waals surface area contributed by atoms with Crippen molar-refractivity contribution in [1.29, 1.82) is 0 Å². The SMILES string of the molecule is CC(CN1CCCC1)Nc1cc(C(F)(F)F)nc(Cl)n1. The van der Waals surface area contributed by atoms with Crippen LogP contribution in [0.5, 0.6) is 0 Å². The van der Waals surface area contributed by atoms with Gasteiger partial charge >= 0.3 is 6.18 Å². The second-order valence-electron chi connectivity index (χ2n) is 4.96. The first kappa shape index (κ1) is 15.3. The number of hydrogen-bond donors (Lipinski definition) is 1. The Morgan fingerprint density at radius 2 is 2.00 bits per heavy atom. The Morgan fingerprint density at radius 3 is 2.60 bits per heavy atom. The van der Waals surface area contributed by atoms with E-state index in [1.807, 2.05) is 6.92 Å². The summed E-state index contributed by atoms with van der Waals surface area (Å²) in [6.45, 7) is 4.74. The predicted octanol–water partition coefficient (Wildman–Crippen LogP) is 3.05. The zero-order valence-corrected chi connectivity index (χ0v) is 11.8. The highest BCUT2D eigenvalue weighted by atomic mass is 35.5. The van der Waals surface area contributed by atoms with E-state index in [2.05, 4.69) is 20.2 Å². The van der Waals surface area contributed by atoms with Crippen molar-refractivity contribution in [3.8, 4) is 0 Å². The number of halogens is 4. The van der Waals surface area contributed by atoms with Gasteiger partial charge in [-0.3, -0.25) is 0 Å². The van der Waals surface area contributed by atoms with Gasteiger partial charge in [-0.1, -0.05) is 0 Å². The Morgan fingerprint density at radius 1 is 1.35 bits per heavy atom. The summed E-state index contributed by atoms with van der Waals surface area (Å²) in [7, 11) is 0. The minimum atomic E-state index is -4.53. The number of hydrogen-bond acceptors (Lipinski definition) is 4. The fourth-order valence-electron chi connectivity index (χ4n) is 2.29. The van der Waals surface area contributed by atoms with E-state index < -0.39 is 17.2 Å². The second kappa shape index (κ2) is 6.13. The molecule has 1 aliphatic heterocycles. The molecule has 0 saturated carbocycles. The summed E-state index contributed by atoms with van der Waals surface area (Å²) in [6.07, 6.45) is -2.18. The molecule has 1 aromatic rings. The summed E-state index contributed by atoms with van der Waals surface area (Å²) in [4.78, 5) is 9.25. The standard InChI is InChI=1S/C12H16ClF3N4/c1-8(7-20-4-2-3-5-20)17-10-6-9(12(14,15)16)18-11(13)19-10/h6,8H,2-5,7H2,1H3,(H,17,18,19). The van der Waals surface area contributed by atoms with Gasteiger partial charge in [-0.2, -0.15) is 13.2 Å². The lowest BCUT2D eigenvalue weighted by atomic mass is 10.3. The van der Waals surface area contributed by atoms with Gasteiger partial charge < -0.3 is 10.2 Å². The molecular weight excluding hydrogens is 293 g/mol. The molecule has 1 N–H and O–H groups in total. The number of nitrogens with one attached hydrogen (secondary N) is 1. The van der Waals surface area contributed by atoms with E-state index >= 15 is 0 Å². The summed E-state index contributed by atoms with van der Waals surface area (Å²) in [5, 5.41) is 2.54. The van der Waals surface area contributed by atoms with Gasteiger partial charge in [0.1, 0.15) is 5.82 Å². The third-order valence-corrected chi connectivity index (χ3v) is 3.28. The Bertz CT molecular complexity index is 461. The van der Waals surface area contributed by atoms with E-state index in [0.717, 1.165) is 25.7 Å². The van der Waals surface area contributed by atoms with Crippen LogP contribution in [0.1, 0.15) is 25.5 Å². The molecule has 20 heavy (non-hydrogen) atoms. The van der Waals surface area contributed by atoms with Gasteiger partial charge in [0, 0.05) is 18.7 Å². The first-order chi connectivity index (χ1) is 9.34. The number of likely N-dealkylation sites (tertiary alicyclic amines) is 1. The van der Waals surface area contributed by atoms with Gasteiger partial charge in [0.05, 0.1) is 0 Å². The quantitative estimate of drug-likeness (QED) is 0.868. The van der Waals surface area contributed by atoms with Crippen molar-refractivity contribution in [1.82, 2.24) is 14.9 Å². The molecule has 0 bridgehead atoms. The van der Waals surface area contributed by atoms with Crippen LogP contribution in [0.4, 0.5) is 19.0 Å². The van der Waals surface area contributed by atoms with Gasteiger partial charge in [-0.05, 0) is 44.5 Å². The second-order valence-corrected chi connectivity index (χ2v) is 5.30. The molecule has 1 aromatic heterocycles. The van der Waals surface area contributed by atoms with Gasteiger partial charge in [0.2, 0.25) is 5.28 Å². The summed E-state index contributed by atoms with van der Waals surface area (Å²) < 4.78 is 37.9. The maximum atomic E-state index is 12.6. The van der Waals surface area contributed by atoms with Crippen LogP contribution in [0.2, 0.25) is 5.28 Å². The average Bonchev–Trinajstić information content (AvgIpc) is 2.79. The molecule has 1 atom stereocenters. The molecule has 1 fully saturated rings. The summed E-state index contributed by atoms with van der Waals surface area (Å²) in [5.41, 5.74) is -1.03. The molecule has 0 aliphatic carbocycles. The van der Waals surface area contributed by atoms with E-state index in [1.165, 1.54) is 12.8 Å². The Hall–Kier alpha value is -1.08. The molecule has 0 aromatic carbocycles. The van der Waals surface area contributed by atoms with E-state index in [9.17, 15) is 13.2 Å². The summed E-state index contributed by atoms with van der Waals surface area (Å²) >= 11 is 5.54. The highest BCUT2D eigenvalue weighted by Crippen LogP contribution is 2.29. The number of rotatable bonds is 4. The van der Waals surface area contributed by atoms with Crippen LogP contribution in [0.25, 0.3) is 0 Å². The molecule has 4 nitrogen and oxygen atoms in total.